The maximum atomic E-state index is 4.80. The minimum atomic E-state index is 0.646. The molecule has 0 N–H and O–H groups in total. The van der Waals surface area contributed by atoms with Crippen LogP contribution in [0.5, 0.6) is 0 Å². The molecule has 0 aliphatic heterocycles. The maximum absolute atomic E-state index is 4.80. The average molecular weight is 250 g/mol. The van der Waals surface area contributed by atoms with Gasteiger partial charge in [0.1, 0.15) is 17.9 Å². The predicted molar refractivity (Wildman–Crippen MR) is 64.5 cm³/mol. The van der Waals surface area contributed by atoms with Crippen LogP contribution in [0.1, 0.15) is 36.2 Å². The van der Waals surface area contributed by atoms with Gasteiger partial charge in [0.15, 0.2) is 0 Å². The summed E-state index contributed by atoms with van der Waals surface area (Å²) in [6.07, 6.45) is 4.13. The van der Waals surface area contributed by atoms with E-state index < -0.39 is 0 Å². The van der Waals surface area contributed by atoms with Crippen molar-refractivity contribution in [3.8, 4) is 0 Å². The SMILES string of the molecule is Cc1nnc(CSCc2ccon2)n1C1CC1. The van der Waals surface area contributed by atoms with Gasteiger partial charge in [-0.3, -0.25) is 0 Å². The lowest BCUT2D eigenvalue weighted by Crippen LogP contribution is -2.02. The van der Waals surface area contributed by atoms with Crippen molar-refractivity contribution in [2.24, 2.45) is 0 Å². The summed E-state index contributed by atoms with van der Waals surface area (Å²) in [5.74, 6) is 3.85. The first-order valence-corrected chi connectivity index (χ1v) is 6.87. The largest absolute Gasteiger partial charge is 0.364 e. The van der Waals surface area contributed by atoms with Gasteiger partial charge in [0, 0.05) is 17.9 Å². The van der Waals surface area contributed by atoms with Crippen molar-refractivity contribution in [1.82, 2.24) is 19.9 Å². The number of hydrogen-bond acceptors (Lipinski definition) is 5. The van der Waals surface area contributed by atoms with Crippen molar-refractivity contribution in [1.29, 1.82) is 0 Å². The van der Waals surface area contributed by atoms with Crippen LogP contribution in [-0.4, -0.2) is 19.9 Å². The van der Waals surface area contributed by atoms with E-state index in [9.17, 15) is 0 Å². The Bertz CT molecular complexity index is 490. The molecule has 90 valence electrons. The molecule has 1 aliphatic rings. The van der Waals surface area contributed by atoms with Gasteiger partial charge in [-0.2, -0.15) is 0 Å². The number of aryl methyl sites for hydroxylation is 1. The van der Waals surface area contributed by atoms with Gasteiger partial charge in [-0.15, -0.1) is 22.0 Å². The summed E-state index contributed by atoms with van der Waals surface area (Å²) in [6.45, 7) is 2.02. The van der Waals surface area contributed by atoms with Gasteiger partial charge >= 0.3 is 0 Å². The highest BCUT2D eigenvalue weighted by Gasteiger charge is 2.27. The van der Waals surface area contributed by atoms with Crippen LogP contribution in [0.2, 0.25) is 0 Å². The van der Waals surface area contributed by atoms with Crippen LogP contribution in [-0.2, 0) is 11.5 Å². The third-order valence-corrected chi connectivity index (χ3v) is 3.78. The molecule has 1 fully saturated rings. The van der Waals surface area contributed by atoms with E-state index in [1.54, 1.807) is 18.0 Å². The molecule has 1 saturated carbocycles. The highest BCUT2D eigenvalue weighted by molar-refractivity contribution is 7.97. The van der Waals surface area contributed by atoms with Crippen LogP contribution in [0.3, 0.4) is 0 Å². The highest BCUT2D eigenvalue weighted by Crippen LogP contribution is 2.37. The zero-order chi connectivity index (χ0) is 11.7. The average Bonchev–Trinajstić information content (AvgIpc) is 2.88. The lowest BCUT2D eigenvalue weighted by Gasteiger charge is -2.05. The van der Waals surface area contributed by atoms with E-state index in [0.717, 1.165) is 28.8 Å². The molecule has 0 radical (unpaired) electrons. The van der Waals surface area contributed by atoms with Gasteiger partial charge in [0.05, 0.1) is 11.4 Å². The lowest BCUT2D eigenvalue weighted by atomic mass is 10.5. The molecule has 5 nitrogen and oxygen atoms in total. The quantitative estimate of drug-likeness (QED) is 0.815. The zero-order valence-electron chi connectivity index (χ0n) is 9.67. The highest BCUT2D eigenvalue weighted by atomic mass is 32.2. The summed E-state index contributed by atoms with van der Waals surface area (Å²) >= 11 is 1.79. The Morgan fingerprint density at radius 2 is 2.29 bits per heavy atom. The number of thioether (sulfide) groups is 1. The normalized spacial score (nSPS) is 15.4. The van der Waals surface area contributed by atoms with Gasteiger partial charge in [0.25, 0.3) is 0 Å². The lowest BCUT2D eigenvalue weighted by molar-refractivity contribution is 0.414. The van der Waals surface area contributed by atoms with Gasteiger partial charge < -0.3 is 9.09 Å². The van der Waals surface area contributed by atoms with E-state index >= 15 is 0 Å². The van der Waals surface area contributed by atoms with Crippen molar-refractivity contribution in [2.75, 3.05) is 0 Å². The van der Waals surface area contributed by atoms with Crippen LogP contribution in [0, 0.1) is 6.92 Å². The first-order chi connectivity index (χ1) is 8.34. The molecule has 3 rings (SSSR count). The smallest absolute Gasteiger partial charge is 0.143 e. The second-order valence-corrected chi connectivity index (χ2v) is 5.23. The Morgan fingerprint density at radius 3 is 3.00 bits per heavy atom. The Balaban J connectivity index is 1.61. The second-order valence-electron chi connectivity index (χ2n) is 4.25. The molecular formula is C11H14N4OS. The standard InChI is InChI=1S/C11H14N4OS/c1-8-12-13-11(15(8)10-2-3-10)7-17-6-9-4-5-16-14-9/h4-5,10H,2-3,6-7H2,1H3. The molecule has 0 saturated heterocycles. The molecule has 0 atom stereocenters. The predicted octanol–water partition coefficient (Wildman–Crippen LogP) is 2.34. The Hall–Kier alpha value is -1.30. The van der Waals surface area contributed by atoms with E-state index in [-0.39, 0.29) is 0 Å². The van der Waals surface area contributed by atoms with E-state index in [1.807, 2.05) is 13.0 Å². The Morgan fingerprint density at radius 1 is 1.41 bits per heavy atom. The fraction of sp³-hybridized carbons (Fsp3) is 0.545. The fourth-order valence-corrected chi connectivity index (χ4v) is 2.72. The number of hydrogen-bond donors (Lipinski definition) is 0. The summed E-state index contributed by atoms with van der Waals surface area (Å²) in [4.78, 5) is 0. The first-order valence-electron chi connectivity index (χ1n) is 5.72. The molecule has 2 heterocycles. The first kappa shape index (κ1) is 10.8. The van der Waals surface area contributed by atoms with Gasteiger partial charge in [0.2, 0.25) is 0 Å². The van der Waals surface area contributed by atoms with Crippen LogP contribution < -0.4 is 0 Å². The van der Waals surface area contributed by atoms with E-state index in [4.69, 9.17) is 4.52 Å². The third-order valence-electron chi connectivity index (χ3n) is 2.82. The molecule has 17 heavy (non-hydrogen) atoms. The van der Waals surface area contributed by atoms with Crippen molar-refractivity contribution >= 4 is 11.8 Å². The fourth-order valence-electron chi connectivity index (χ4n) is 1.88. The Labute approximate surface area is 104 Å². The van der Waals surface area contributed by atoms with Crippen molar-refractivity contribution in [3.05, 3.63) is 29.7 Å². The zero-order valence-corrected chi connectivity index (χ0v) is 10.5. The van der Waals surface area contributed by atoms with E-state index in [1.165, 1.54) is 12.8 Å². The molecule has 2 aromatic rings. The van der Waals surface area contributed by atoms with Crippen LogP contribution in [0.15, 0.2) is 16.9 Å². The number of rotatable bonds is 5. The van der Waals surface area contributed by atoms with Crippen LogP contribution >= 0.6 is 11.8 Å². The third kappa shape index (κ3) is 2.36. The van der Waals surface area contributed by atoms with Gasteiger partial charge in [-0.05, 0) is 19.8 Å². The Kier molecular flexibility index (Phi) is 2.88. The van der Waals surface area contributed by atoms with Gasteiger partial charge in [-0.25, -0.2) is 0 Å². The maximum Gasteiger partial charge on any atom is 0.143 e. The van der Waals surface area contributed by atoms with Crippen molar-refractivity contribution < 1.29 is 4.52 Å². The summed E-state index contributed by atoms with van der Waals surface area (Å²) in [7, 11) is 0. The summed E-state index contributed by atoms with van der Waals surface area (Å²) in [6, 6.07) is 2.54. The molecule has 0 spiro atoms. The molecule has 0 bridgehead atoms. The minimum absolute atomic E-state index is 0.646. The van der Waals surface area contributed by atoms with Crippen LogP contribution in [0.25, 0.3) is 0 Å². The number of aromatic nitrogens is 4. The van der Waals surface area contributed by atoms with E-state index in [0.29, 0.717) is 6.04 Å². The van der Waals surface area contributed by atoms with Gasteiger partial charge in [-0.1, -0.05) is 5.16 Å². The summed E-state index contributed by atoms with van der Waals surface area (Å²) < 4.78 is 7.07. The molecule has 0 unspecified atom stereocenters. The molecular weight excluding hydrogens is 236 g/mol. The number of nitrogens with zero attached hydrogens (tertiary/aromatic N) is 4. The molecule has 2 aromatic heterocycles. The topological polar surface area (TPSA) is 56.7 Å². The van der Waals surface area contributed by atoms with Crippen molar-refractivity contribution in [3.63, 3.8) is 0 Å². The summed E-state index contributed by atoms with van der Waals surface area (Å²) in [5.41, 5.74) is 0.976. The second kappa shape index (κ2) is 4.52. The van der Waals surface area contributed by atoms with Crippen LogP contribution in [0.4, 0.5) is 0 Å². The minimum Gasteiger partial charge on any atom is -0.364 e. The van der Waals surface area contributed by atoms with E-state index in [2.05, 4.69) is 19.9 Å². The monoisotopic (exact) mass is 250 g/mol. The molecule has 0 amide bonds. The molecule has 6 heteroatoms. The molecule has 0 aromatic carbocycles. The summed E-state index contributed by atoms with van der Waals surface area (Å²) in [5, 5.41) is 12.3. The van der Waals surface area contributed by atoms with Crippen molar-refractivity contribution in [2.45, 2.75) is 37.3 Å². The molecule has 1 aliphatic carbocycles.